The number of hydrogen-bond donors (Lipinski definition) is 1. The van der Waals surface area contributed by atoms with E-state index in [0.717, 1.165) is 28.9 Å². The van der Waals surface area contributed by atoms with E-state index in [2.05, 4.69) is 20.2 Å². The van der Waals surface area contributed by atoms with Crippen molar-refractivity contribution in [2.45, 2.75) is 0 Å². The van der Waals surface area contributed by atoms with E-state index < -0.39 is 4.92 Å². The molecule has 1 fully saturated rings. The van der Waals surface area contributed by atoms with Crippen molar-refractivity contribution >= 4 is 57.2 Å². The summed E-state index contributed by atoms with van der Waals surface area (Å²) in [5.74, 6) is 0.595. The number of hydrogen-bond acceptors (Lipinski definition) is 7. The SMILES string of the molecule is O=C(CN1CCN(c2ncnc3ccccc23)CC1)Nc1c(Cl)cc([N+](=O)[O-])cc1Cl. The molecule has 0 aliphatic carbocycles. The molecule has 1 aliphatic rings. The van der Waals surface area contributed by atoms with Gasteiger partial charge in [0.2, 0.25) is 5.91 Å². The van der Waals surface area contributed by atoms with Crippen LogP contribution in [0.2, 0.25) is 10.0 Å². The Morgan fingerprint density at radius 3 is 2.45 bits per heavy atom. The molecule has 3 aromatic rings. The fourth-order valence-electron chi connectivity index (χ4n) is 3.53. The third kappa shape index (κ3) is 4.68. The summed E-state index contributed by atoms with van der Waals surface area (Å²) >= 11 is 12.1. The van der Waals surface area contributed by atoms with Gasteiger partial charge in [0.25, 0.3) is 5.69 Å². The van der Waals surface area contributed by atoms with Gasteiger partial charge in [0, 0.05) is 43.7 Å². The number of non-ortho nitro benzene ring substituents is 1. The van der Waals surface area contributed by atoms with Crippen LogP contribution in [0.5, 0.6) is 0 Å². The second-order valence-electron chi connectivity index (χ2n) is 7.07. The van der Waals surface area contributed by atoms with Crippen LogP contribution in [-0.4, -0.2) is 58.4 Å². The zero-order chi connectivity index (χ0) is 22.0. The Bertz CT molecular complexity index is 1120. The predicted molar refractivity (Wildman–Crippen MR) is 120 cm³/mol. The second-order valence-corrected chi connectivity index (χ2v) is 7.88. The first-order chi connectivity index (χ1) is 14.9. The third-order valence-corrected chi connectivity index (χ3v) is 5.66. The molecule has 1 aromatic heterocycles. The lowest BCUT2D eigenvalue weighted by molar-refractivity contribution is -0.384. The van der Waals surface area contributed by atoms with Gasteiger partial charge in [0.1, 0.15) is 12.1 Å². The van der Waals surface area contributed by atoms with Crippen molar-refractivity contribution in [2.24, 2.45) is 0 Å². The van der Waals surface area contributed by atoms with E-state index in [-0.39, 0.29) is 33.9 Å². The fraction of sp³-hybridized carbons (Fsp3) is 0.250. The number of nitrogens with one attached hydrogen (secondary N) is 1. The highest BCUT2D eigenvalue weighted by molar-refractivity contribution is 6.40. The molecule has 0 saturated carbocycles. The Kier molecular flexibility index (Phi) is 6.17. The number of fused-ring (bicyclic) bond motifs is 1. The molecular formula is C20H18Cl2N6O3. The number of nitro benzene ring substituents is 1. The first kappa shape index (κ1) is 21.2. The number of carbonyl (C=O) groups is 1. The second kappa shape index (κ2) is 9.01. The molecular weight excluding hydrogens is 443 g/mol. The summed E-state index contributed by atoms with van der Waals surface area (Å²) in [6, 6.07) is 10.2. The van der Waals surface area contributed by atoms with Crippen molar-refractivity contribution < 1.29 is 9.72 Å². The first-order valence-electron chi connectivity index (χ1n) is 9.52. The lowest BCUT2D eigenvalue weighted by Gasteiger charge is -2.35. The standard InChI is InChI=1S/C20H18Cl2N6O3/c21-15-9-13(28(30)31)10-16(22)19(15)25-18(29)11-26-5-7-27(8-6-26)20-14-3-1-2-4-17(14)23-12-24-20/h1-4,9-10,12H,5-8,11H2,(H,25,29). The summed E-state index contributed by atoms with van der Waals surface area (Å²) in [4.78, 5) is 35.7. The highest BCUT2D eigenvalue weighted by Gasteiger charge is 2.22. The van der Waals surface area contributed by atoms with Crippen LogP contribution < -0.4 is 10.2 Å². The van der Waals surface area contributed by atoms with Crippen LogP contribution in [0.1, 0.15) is 0 Å². The molecule has 0 spiro atoms. The van der Waals surface area contributed by atoms with Crippen LogP contribution in [0, 0.1) is 10.1 Å². The number of aromatic nitrogens is 2. The zero-order valence-electron chi connectivity index (χ0n) is 16.3. The van der Waals surface area contributed by atoms with Gasteiger partial charge in [-0.1, -0.05) is 35.3 Å². The largest absolute Gasteiger partial charge is 0.353 e. The third-order valence-electron chi connectivity index (χ3n) is 5.06. The van der Waals surface area contributed by atoms with Gasteiger partial charge in [0.05, 0.1) is 32.7 Å². The van der Waals surface area contributed by atoms with E-state index in [0.29, 0.717) is 26.2 Å². The molecule has 1 saturated heterocycles. The van der Waals surface area contributed by atoms with E-state index in [9.17, 15) is 14.9 Å². The van der Waals surface area contributed by atoms with Crippen LogP contribution in [0.4, 0.5) is 17.2 Å². The highest BCUT2D eigenvalue weighted by Crippen LogP contribution is 2.34. The molecule has 0 radical (unpaired) electrons. The van der Waals surface area contributed by atoms with Gasteiger partial charge < -0.3 is 10.2 Å². The minimum atomic E-state index is -0.594. The quantitative estimate of drug-likeness (QED) is 0.457. The van der Waals surface area contributed by atoms with Crippen molar-refractivity contribution in [1.82, 2.24) is 14.9 Å². The van der Waals surface area contributed by atoms with E-state index in [4.69, 9.17) is 23.2 Å². The number of rotatable bonds is 5. The van der Waals surface area contributed by atoms with Gasteiger partial charge in [0.15, 0.2) is 0 Å². The number of amides is 1. The van der Waals surface area contributed by atoms with E-state index in [1.165, 1.54) is 0 Å². The average Bonchev–Trinajstić information content (AvgIpc) is 2.76. The molecule has 1 N–H and O–H groups in total. The Morgan fingerprint density at radius 1 is 1.10 bits per heavy atom. The van der Waals surface area contributed by atoms with E-state index in [1.54, 1.807) is 6.33 Å². The molecule has 0 unspecified atom stereocenters. The molecule has 2 heterocycles. The molecule has 9 nitrogen and oxygen atoms in total. The van der Waals surface area contributed by atoms with Crippen LogP contribution in [-0.2, 0) is 4.79 Å². The maximum Gasteiger partial charge on any atom is 0.272 e. The van der Waals surface area contributed by atoms with Gasteiger partial charge in [-0.2, -0.15) is 0 Å². The highest BCUT2D eigenvalue weighted by atomic mass is 35.5. The lowest BCUT2D eigenvalue weighted by Crippen LogP contribution is -2.49. The van der Waals surface area contributed by atoms with Crippen molar-refractivity contribution in [1.29, 1.82) is 0 Å². The van der Waals surface area contributed by atoms with Gasteiger partial charge in [-0.15, -0.1) is 0 Å². The Morgan fingerprint density at radius 2 is 1.77 bits per heavy atom. The topological polar surface area (TPSA) is 104 Å². The lowest BCUT2D eigenvalue weighted by atomic mass is 10.2. The van der Waals surface area contributed by atoms with Crippen molar-refractivity contribution in [3.8, 4) is 0 Å². The maximum atomic E-state index is 12.5. The number of piperazine rings is 1. The fourth-order valence-corrected chi connectivity index (χ4v) is 4.10. The molecule has 31 heavy (non-hydrogen) atoms. The summed E-state index contributed by atoms with van der Waals surface area (Å²) in [6.45, 7) is 2.93. The molecule has 160 valence electrons. The summed E-state index contributed by atoms with van der Waals surface area (Å²) in [5.41, 5.74) is 0.831. The van der Waals surface area contributed by atoms with Crippen LogP contribution >= 0.6 is 23.2 Å². The smallest absolute Gasteiger partial charge is 0.272 e. The first-order valence-corrected chi connectivity index (χ1v) is 10.3. The van der Waals surface area contributed by atoms with Crippen LogP contribution in [0.3, 0.4) is 0 Å². The Labute approximate surface area is 187 Å². The minimum absolute atomic E-state index is 0.0213. The Hall–Kier alpha value is -3.01. The number of benzene rings is 2. The van der Waals surface area contributed by atoms with Crippen LogP contribution in [0.25, 0.3) is 10.9 Å². The molecule has 1 aliphatic heterocycles. The summed E-state index contributed by atoms with van der Waals surface area (Å²) < 4.78 is 0. The van der Waals surface area contributed by atoms with Gasteiger partial charge >= 0.3 is 0 Å². The van der Waals surface area contributed by atoms with Gasteiger partial charge in [-0.3, -0.25) is 19.8 Å². The number of halogens is 2. The predicted octanol–water partition coefficient (Wildman–Crippen LogP) is 3.61. The number of nitro groups is 1. The molecule has 11 heteroatoms. The zero-order valence-corrected chi connectivity index (χ0v) is 17.8. The molecule has 4 rings (SSSR count). The number of nitrogens with zero attached hydrogens (tertiary/aromatic N) is 5. The molecule has 2 aromatic carbocycles. The van der Waals surface area contributed by atoms with Crippen LogP contribution in [0.15, 0.2) is 42.7 Å². The van der Waals surface area contributed by atoms with E-state index >= 15 is 0 Å². The maximum absolute atomic E-state index is 12.5. The van der Waals surface area contributed by atoms with E-state index in [1.807, 2.05) is 29.2 Å². The van der Waals surface area contributed by atoms with Gasteiger partial charge in [-0.05, 0) is 12.1 Å². The monoisotopic (exact) mass is 460 g/mol. The summed E-state index contributed by atoms with van der Waals surface area (Å²) in [7, 11) is 0. The number of para-hydroxylation sites is 1. The Balaban J connectivity index is 1.37. The summed E-state index contributed by atoms with van der Waals surface area (Å²) in [6.07, 6.45) is 1.56. The summed E-state index contributed by atoms with van der Waals surface area (Å²) in [5, 5.41) is 14.6. The normalized spacial score (nSPS) is 14.6. The number of anilines is 2. The number of carbonyl (C=O) groups excluding carboxylic acids is 1. The molecule has 0 atom stereocenters. The minimum Gasteiger partial charge on any atom is -0.353 e. The van der Waals surface area contributed by atoms with Gasteiger partial charge in [-0.25, -0.2) is 9.97 Å². The van der Waals surface area contributed by atoms with Crippen molar-refractivity contribution in [3.05, 3.63) is 62.9 Å². The molecule has 0 bridgehead atoms. The average molecular weight is 461 g/mol. The van der Waals surface area contributed by atoms with Crippen molar-refractivity contribution in [2.75, 3.05) is 42.9 Å². The van der Waals surface area contributed by atoms with Crippen molar-refractivity contribution in [3.63, 3.8) is 0 Å². The molecule has 1 amide bonds.